The molecule has 0 unspecified atom stereocenters. The van der Waals surface area contributed by atoms with E-state index in [1.165, 1.54) is 0 Å². The second-order valence-electron chi connectivity index (χ2n) is 4.16. The van der Waals surface area contributed by atoms with Crippen LogP contribution in [0, 0.1) is 4.64 Å². The zero-order chi connectivity index (χ0) is 15.3. The molecule has 5 nitrogen and oxygen atoms in total. The van der Waals surface area contributed by atoms with Crippen LogP contribution in [0.4, 0.5) is 0 Å². The second kappa shape index (κ2) is 7.09. The molecule has 0 radical (unpaired) electrons. The largest absolute Gasteiger partial charge is 0.364 e. The molecular weight excluding hydrogens is 307 g/mol. The Morgan fingerprint density at radius 1 is 1.24 bits per heavy atom. The minimum Gasteiger partial charge on any atom is -0.345 e. The van der Waals surface area contributed by atoms with Gasteiger partial charge in [-0.3, -0.25) is 9.55 Å². The third kappa shape index (κ3) is 3.66. The van der Waals surface area contributed by atoms with E-state index < -0.39 is 7.60 Å². The molecule has 0 bridgehead atoms. The maximum Gasteiger partial charge on any atom is 0.364 e. The summed E-state index contributed by atoms with van der Waals surface area (Å²) in [6.45, 7) is 4.11. The highest BCUT2D eigenvalue weighted by atomic mass is 32.1. The van der Waals surface area contributed by atoms with Gasteiger partial charge in [-0.25, -0.2) is 0 Å². The number of hydrogen-bond acceptors (Lipinski definition) is 5. The molecule has 7 heteroatoms. The van der Waals surface area contributed by atoms with Gasteiger partial charge < -0.3 is 14.0 Å². The molecule has 0 saturated heterocycles. The first-order chi connectivity index (χ1) is 10.1. The lowest BCUT2D eigenvalue weighted by molar-refractivity contribution is 0.230. The molecule has 0 fully saturated rings. The summed E-state index contributed by atoms with van der Waals surface area (Å²) in [6, 6.07) is 7.24. The van der Waals surface area contributed by atoms with Gasteiger partial charge in [-0.1, -0.05) is 12.2 Å². The van der Waals surface area contributed by atoms with Crippen LogP contribution < -0.4 is 5.30 Å². The van der Waals surface area contributed by atoms with Crippen LogP contribution in [0.5, 0.6) is 0 Å². The van der Waals surface area contributed by atoms with Crippen molar-refractivity contribution in [2.24, 2.45) is 0 Å². The number of nitrogens with one attached hydrogen (secondary N) is 1. The quantitative estimate of drug-likeness (QED) is 0.648. The highest BCUT2D eigenvalue weighted by Gasteiger charge is 2.28. The van der Waals surface area contributed by atoms with Crippen LogP contribution in [0.2, 0.25) is 0 Å². The zero-order valence-electron chi connectivity index (χ0n) is 11.9. The normalized spacial score (nSPS) is 11.5. The Balaban J connectivity index is 2.44. The van der Waals surface area contributed by atoms with Crippen LogP contribution >= 0.6 is 19.8 Å². The van der Waals surface area contributed by atoms with Gasteiger partial charge in [0.25, 0.3) is 0 Å². The average Bonchev–Trinajstić information content (AvgIpc) is 2.48. The number of H-pyrrole nitrogens is 1. The molecule has 112 valence electrons. The molecule has 0 spiro atoms. The molecule has 0 saturated carbocycles. The summed E-state index contributed by atoms with van der Waals surface area (Å²) >= 11 is 5.31. The van der Waals surface area contributed by atoms with Crippen molar-refractivity contribution in [1.29, 1.82) is 0 Å². The van der Waals surface area contributed by atoms with Gasteiger partial charge in [0.2, 0.25) is 0 Å². The van der Waals surface area contributed by atoms with Crippen molar-refractivity contribution in [2.45, 2.75) is 13.8 Å². The summed E-state index contributed by atoms with van der Waals surface area (Å²) in [5.74, 6) is 0. The maximum atomic E-state index is 12.7. The first-order valence-corrected chi connectivity index (χ1v) is 8.59. The molecule has 21 heavy (non-hydrogen) atoms. The van der Waals surface area contributed by atoms with Gasteiger partial charge in [0.1, 0.15) is 4.64 Å². The molecule has 0 amide bonds. The maximum absolute atomic E-state index is 12.7. The van der Waals surface area contributed by atoms with Crippen molar-refractivity contribution >= 4 is 25.1 Å². The van der Waals surface area contributed by atoms with Crippen molar-refractivity contribution in [2.75, 3.05) is 13.2 Å². The standard InChI is InChI=1S/C14H17N2O3PS/c1-3-18-20(17,19-4-2)13-8-7-12(16-14(13)21)11-6-5-9-15-10-11/h5-10H,3-4H2,1-2H3,(H,16,21). The van der Waals surface area contributed by atoms with Crippen LogP contribution in [-0.2, 0) is 13.6 Å². The van der Waals surface area contributed by atoms with E-state index in [0.717, 1.165) is 11.3 Å². The summed E-state index contributed by atoms with van der Waals surface area (Å²) in [5, 5.41) is 0.383. The van der Waals surface area contributed by atoms with Crippen molar-refractivity contribution in [3.05, 3.63) is 41.3 Å². The van der Waals surface area contributed by atoms with Crippen molar-refractivity contribution in [3.63, 3.8) is 0 Å². The lowest BCUT2D eigenvalue weighted by Gasteiger charge is -2.17. The molecule has 2 heterocycles. The summed E-state index contributed by atoms with van der Waals surface area (Å²) in [6.07, 6.45) is 3.43. The van der Waals surface area contributed by atoms with Gasteiger partial charge in [0.05, 0.1) is 18.5 Å². The van der Waals surface area contributed by atoms with Gasteiger partial charge in [-0.15, -0.1) is 0 Å². The molecule has 0 aliphatic heterocycles. The zero-order valence-corrected chi connectivity index (χ0v) is 13.6. The summed E-state index contributed by atoms with van der Waals surface area (Å²) in [4.78, 5) is 7.12. The Hall–Kier alpha value is -1.33. The van der Waals surface area contributed by atoms with Crippen LogP contribution in [0.1, 0.15) is 13.8 Å². The summed E-state index contributed by atoms with van der Waals surface area (Å²) in [7, 11) is -3.37. The molecule has 0 aliphatic carbocycles. The first-order valence-electron chi connectivity index (χ1n) is 6.64. The smallest absolute Gasteiger partial charge is 0.345 e. The van der Waals surface area contributed by atoms with Crippen LogP contribution in [0.3, 0.4) is 0 Å². The number of hydrogen-bond donors (Lipinski definition) is 1. The number of aromatic nitrogens is 2. The Morgan fingerprint density at radius 2 is 1.95 bits per heavy atom. The second-order valence-corrected chi connectivity index (χ2v) is 6.56. The van der Waals surface area contributed by atoms with Gasteiger partial charge in [-0.05, 0) is 38.1 Å². The topological polar surface area (TPSA) is 64.2 Å². The molecule has 1 N–H and O–H groups in total. The van der Waals surface area contributed by atoms with Crippen molar-refractivity contribution in [1.82, 2.24) is 9.97 Å². The molecular formula is C14H17N2O3PS. The van der Waals surface area contributed by atoms with Crippen molar-refractivity contribution < 1.29 is 13.6 Å². The van der Waals surface area contributed by atoms with E-state index in [-0.39, 0.29) is 13.2 Å². The first kappa shape index (κ1) is 16.0. The lowest BCUT2D eigenvalue weighted by Crippen LogP contribution is -2.13. The van der Waals surface area contributed by atoms with E-state index in [1.54, 1.807) is 38.4 Å². The minimum atomic E-state index is -3.37. The Labute approximate surface area is 128 Å². The molecule has 0 atom stereocenters. The van der Waals surface area contributed by atoms with E-state index in [2.05, 4.69) is 9.97 Å². The predicted octanol–water partition coefficient (Wildman–Crippen LogP) is 3.70. The number of rotatable bonds is 6. The third-order valence-electron chi connectivity index (χ3n) is 2.75. The van der Waals surface area contributed by atoms with Gasteiger partial charge in [0.15, 0.2) is 0 Å². The molecule has 2 aromatic rings. The van der Waals surface area contributed by atoms with E-state index in [1.807, 2.05) is 12.1 Å². The van der Waals surface area contributed by atoms with E-state index in [4.69, 9.17) is 21.3 Å². The average molecular weight is 324 g/mol. The molecule has 2 rings (SSSR count). The lowest BCUT2D eigenvalue weighted by atomic mass is 10.2. The molecule has 0 aliphatic rings. The van der Waals surface area contributed by atoms with E-state index in [0.29, 0.717) is 9.95 Å². The molecule has 2 aromatic heterocycles. The molecule has 0 aromatic carbocycles. The van der Waals surface area contributed by atoms with Gasteiger partial charge in [0, 0.05) is 23.7 Å². The Morgan fingerprint density at radius 3 is 2.48 bits per heavy atom. The summed E-state index contributed by atoms with van der Waals surface area (Å²) < 4.78 is 23.7. The van der Waals surface area contributed by atoms with Crippen LogP contribution in [0.15, 0.2) is 36.7 Å². The van der Waals surface area contributed by atoms with E-state index >= 15 is 0 Å². The predicted molar refractivity (Wildman–Crippen MR) is 85.4 cm³/mol. The number of pyridine rings is 2. The van der Waals surface area contributed by atoms with Crippen LogP contribution in [0.25, 0.3) is 11.3 Å². The Bertz CT molecular complexity index is 693. The van der Waals surface area contributed by atoms with Crippen LogP contribution in [-0.4, -0.2) is 23.2 Å². The van der Waals surface area contributed by atoms with Gasteiger partial charge >= 0.3 is 7.60 Å². The fourth-order valence-electron chi connectivity index (χ4n) is 1.89. The fourth-order valence-corrected chi connectivity index (χ4v) is 4.00. The number of aromatic amines is 1. The highest BCUT2D eigenvalue weighted by molar-refractivity contribution is 7.72. The summed E-state index contributed by atoms with van der Waals surface area (Å²) in [5.41, 5.74) is 1.70. The minimum absolute atomic E-state index is 0.288. The highest BCUT2D eigenvalue weighted by Crippen LogP contribution is 2.47. The van der Waals surface area contributed by atoms with Crippen molar-refractivity contribution in [3.8, 4) is 11.3 Å². The third-order valence-corrected chi connectivity index (χ3v) is 5.39. The number of nitrogens with zero attached hydrogens (tertiary/aromatic N) is 1. The van der Waals surface area contributed by atoms with E-state index in [9.17, 15) is 4.57 Å². The van der Waals surface area contributed by atoms with Gasteiger partial charge in [-0.2, -0.15) is 0 Å². The Kier molecular flexibility index (Phi) is 5.42. The fraction of sp³-hybridized carbons (Fsp3) is 0.286. The SMILES string of the molecule is CCOP(=O)(OCC)c1ccc(-c2cccnc2)[nH]c1=S. The monoisotopic (exact) mass is 324 g/mol.